The minimum atomic E-state index is 0.816. The molecule has 1 aliphatic carbocycles. The molecule has 0 spiro atoms. The van der Waals surface area contributed by atoms with Crippen LogP contribution >= 0.6 is 0 Å². The number of allylic oxidation sites excluding steroid dienone is 9. The Balaban J connectivity index is 1.42. The van der Waals surface area contributed by atoms with Crippen LogP contribution < -0.4 is 9.73 Å². The molecular formula is C31H26NO+. The van der Waals surface area contributed by atoms with Gasteiger partial charge in [-0.25, -0.2) is 4.99 Å². The Morgan fingerprint density at radius 1 is 0.727 bits per heavy atom. The average Bonchev–Trinajstić information content (AvgIpc) is 2.88. The third-order valence-electron chi connectivity index (χ3n) is 5.86. The molecule has 0 saturated heterocycles. The molecule has 2 aliphatic rings. The molecule has 0 aromatic heterocycles. The summed E-state index contributed by atoms with van der Waals surface area (Å²) in [6.45, 7) is 2.95. The predicted molar refractivity (Wildman–Crippen MR) is 137 cm³/mol. The van der Waals surface area contributed by atoms with Crippen molar-refractivity contribution in [1.29, 1.82) is 0 Å². The van der Waals surface area contributed by atoms with E-state index in [0.717, 1.165) is 46.0 Å². The molecule has 2 nitrogen and oxygen atoms in total. The molecule has 0 atom stereocenters. The highest BCUT2D eigenvalue weighted by atomic mass is 16.5. The van der Waals surface area contributed by atoms with E-state index in [4.69, 9.17) is 4.74 Å². The molecule has 0 bridgehead atoms. The van der Waals surface area contributed by atoms with Gasteiger partial charge in [-0.2, -0.15) is 0 Å². The van der Waals surface area contributed by atoms with Gasteiger partial charge in [0.1, 0.15) is 11.5 Å². The van der Waals surface area contributed by atoms with E-state index in [0.29, 0.717) is 0 Å². The van der Waals surface area contributed by atoms with Crippen molar-refractivity contribution in [3.63, 3.8) is 0 Å². The number of hydrogen-bond donors (Lipinski definition) is 1. The van der Waals surface area contributed by atoms with E-state index in [2.05, 4.69) is 96.9 Å². The molecule has 1 N–H and O–H groups in total. The minimum absolute atomic E-state index is 0.816. The van der Waals surface area contributed by atoms with Crippen molar-refractivity contribution in [2.75, 3.05) is 0 Å². The first-order valence-electron chi connectivity index (χ1n) is 11.2. The Morgan fingerprint density at radius 3 is 2.15 bits per heavy atom. The van der Waals surface area contributed by atoms with Gasteiger partial charge in [0.2, 0.25) is 0 Å². The zero-order valence-electron chi connectivity index (χ0n) is 18.7. The molecule has 5 rings (SSSR count). The molecule has 1 aliphatic heterocycles. The second kappa shape index (κ2) is 9.54. The van der Waals surface area contributed by atoms with E-state index in [1.54, 1.807) is 0 Å². The number of nitrogens with one attached hydrogen (secondary N) is 1. The van der Waals surface area contributed by atoms with Crippen molar-refractivity contribution in [2.45, 2.75) is 13.5 Å². The lowest BCUT2D eigenvalue weighted by Crippen LogP contribution is -2.70. The summed E-state index contributed by atoms with van der Waals surface area (Å²) in [6.07, 6.45) is 12.9. The van der Waals surface area contributed by atoms with Crippen LogP contribution in [0.2, 0.25) is 0 Å². The fraction of sp³-hybridized carbons (Fsp3) is 0.0645. The number of rotatable bonds is 4. The molecular weight excluding hydrogens is 402 g/mol. The van der Waals surface area contributed by atoms with Crippen LogP contribution in [-0.4, -0.2) is 5.71 Å². The maximum absolute atomic E-state index is 6.31. The second-order valence-corrected chi connectivity index (χ2v) is 8.13. The van der Waals surface area contributed by atoms with Gasteiger partial charge in [0.15, 0.2) is 12.3 Å². The predicted octanol–water partition coefficient (Wildman–Crippen LogP) is 5.67. The zero-order valence-corrected chi connectivity index (χ0v) is 18.7. The molecule has 2 heteroatoms. The van der Waals surface area contributed by atoms with E-state index in [-0.39, 0.29) is 0 Å². The molecule has 0 fully saturated rings. The molecule has 160 valence electrons. The normalized spacial score (nSPS) is 16.0. The molecule has 33 heavy (non-hydrogen) atoms. The van der Waals surface area contributed by atoms with Crippen LogP contribution in [0, 0.1) is 0 Å². The Kier molecular flexibility index (Phi) is 5.99. The highest BCUT2D eigenvalue weighted by Crippen LogP contribution is 2.41. The van der Waals surface area contributed by atoms with Crippen LogP contribution in [0.1, 0.15) is 23.6 Å². The van der Waals surface area contributed by atoms with Gasteiger partial charge in [-0.15, -0.1) is 0 Å². The summed E-state index contributed by atoms with van der Waals surface area (Å²) in [4.78, 5) is 3.48. The molecule has 3 aromatic rings. The van der Waals surface area contributed by atoms with Gasteiger partial charge in [-0.1, -0.05) is 91.0 Å². The van der Waals surface area contributed by atoms with Crippen LogP contribution in [0.15, 0.2) is 133 Å². The molecule has 3 aromatic carbocycles. The van der Waals surface area contributed by atoms with Crippen LogP contribution in [0.4, 0.5) is 0 Å². The van der Waals surface area contributed by atoms with Crippen molar-refractivity contribution < 1.29 is 9.73 Å². The Hall–Kier alpha value is -4.17. The van der Waals surface area contributed by atoms with Crippen LogP contribution in [0.3, 0.4) is 0 Å². The third kappa shape index (κ3) is 4.70. The summed E-state index contributed by atoms with van der Waals surface area (Å²) < 4.78 is 6.31. The van der Waals surface area contributed by atoms with E-state index in [9.17, 15) is 0 Å². The first kappa shape index (κ1) is 20.7. The van der Waals surface area contributed by atoms with Gasteiger partial charge >= 0.3 is 0 Å². The average molecular weight is 429 g/mol. The van der Waals surface area contributed by atoms with Crippen molar-refractivity contribution >= 4 is 17.0 Å². The maximum Gasteiger partial charge on any atom is 0.198 e. The fourth-order valence-corrected chi connectivity index (χ4v) is 4.06. The minimum Gasteiger partial charge on any atom is -0.456 e. The highest BCUT2D eigenvalue weighted by Gasteiger charge is 2.22. The summed E-state index contributed by atoms with van der Waals surface area (Å²) in [5.74, 6) is 1.80. The van der Waals surface area contributed by atoms with E-state index < -0.39 is 0 Å². The summed E-state index contributed by atoms with van der Waals surface area (Å²) in [5, 5.41) is 0. The SMILES string of the molecule is CC1=C(c2ccccc2)Oc2ccccc2/C1=C\C=C1C=CC(=[NH+]Cc2ccccc2)C=C1. The zero-order chi connectivity index (χ0) is 22.5. The topological polar surface area (TPSA) is 23.2 Å². The fourth-order valence-electron chi connectivity index (χ4n) is 4.06. The van der Waals surface area contributed by atoms with E-state index >= 15 is 0 Å². The first-order valence-corrected chi connectivity index (χ1v) is 11.2. The monoisotopic (exact) mass is 428 g/mol. The number of para-hydroxylation sites is 1. The third-order valence-corrected chi connectivity index (χ3v) is 5.86. The standard InChI is InChI=1S/C31H25NO/c1-23-28(29-14-8-9-15-30(29)33-31(23)26-12-6-3-7-13-26)21-18-24-16-19-27(20-17-24)32-22-25-10-4-2-5-11-25/h2-21H,22H2,1H3/p+1/b24-18?,28-21-,32-27?. The number of fused-ring (bicyclic) bond motifs is 1. The Labute approximate surface area is 195 Å². The summed E-state index contributed by atoms with van der Waals surface area (Å²) in [7, 11) is 0. The lowest BCUT2D eigenvalue weighted by atomic mass is 9.92. The second-order valence-electron chi connectivity index (χ2n) is 8.13. The summed E-state index contributed by atoms with van der Waals surface area (Å²) >= 11 is 0. The van der Waals surface area contributed by atoms with Gasteiger partial charge in [0, 0.05) is 34.4 Å². The number of hydrogen-bond acceptors (Lipinski definition) is 1. The van der Waals surface area contributed by atoms with Gasteiger partial charge < -0.3 is 4.74 Å². The number of benzene rings is 3. The van der Waals surface area contributed by atoms with Gasteiger partial charge in [0.25, 0.3) is 0 Å². The summed E-state index contributed by atoms with van der Waals surface area (Å²) in [6, 6.07) is 29.0. The van der Waals surface area contributed by atoms with E-state index in [1.165, 1.54) is 11.1 Å². The molecule has 1 heterocycles. The lowest BCUT2D eigenvalue weighted by Gasteiger charge is -2.24. The lowest BCUT2D eigenvalue weighted by molar-refractivity contribution is -0.473. The van der Waals surface area contributed by atoms with Gasteiger partial charge in [0.05, 0.1) is 0 Å². The van der Waals surface area contributed by atoms with E-state index in [1.807, 2.05) is 36.4 Å². The quantitative estimate of drug-likeness (QED) is 0.569. The Bertz CT molecular complexity index is 1320. The molecule has 0 amide bonds. The van der Waals surface area contributed by atoms with Gasteiger partial charge in [-0.3, -0.25) is 0 Å². The van der Waals surface area contributed by atoms with Gasteiger partial charge in [-0.05, 0) is 36.3 Å². The van der Waals surface area contributed by atoms with Crippen LogP contribution in [-0.2, 0) is 6.54 Å². The maximum atomic E-state index is 6.31. The van der Waals surface area contributed by atoms with Crippen molar-refractivity contribution in [1.82, 2.24) is 0 Å². The van der Waals surface area contributed by atoms with Crippen molar-refractivity contribution in [3.8, 4) is 5.75 Å². The van der Waals surface area contributed by atoms with Crippen molar-refractivity contribution in [3.05, 3.63) is 149 Å². The molecule has 0 radical (unpaired) electrons. The van der Waals surface area contributed by atoms with Crippen LogP contribution in [0.25, 0.3) is 11.3 Å². The molecule has 0 unspecified atom stereocenters. The summed E-state index contributed by atoms with van der Waals surface area (Å²) in [5.41, 5.74) is 8.07. The first-order chi connectivity index (χ1) is 16.3. The highest BCUT2D eigenvalue weighted by molar-refractivity contribution is 6.01. The number of ether oxygens (including phenoxy) is 1. The van der Waals surface area contributed by atoms with Crippen LogP contribution in [0.5, 0.6) is 5.75 Å². The van der Waals surface area contributed by atoms with Crippen molar-refractivity contribution in [2.24, 2.45) is 0 Å². The Morgan fingerprint density at radius 2 is 1.39 bits per heavy atom. The smallest absolute Gasteiger partial charge is 0.198 e. The molecule has 0 saturated carbocycles. The largest absolute Gasteiger partial charge is 0.456 e.